The SMILES string of the molecule is CCOC(=O)/C=C/[C@H](Cc1ccccc1)NC(=O)[C@H](CC(C)C)NC(=O)OC(C)(C)C. The fourth-order valence-corrected chi connectivity index (χ4v) is 2.86. The van der Waals surface area contributed by atoms with Gasteiger partial charge in [-0.15, -0.1) is 0 Å². The van der Waals surface area contributed by atoms with Gasteiger partial charge in [0.05, 0.1) is 12.6 Å². The highest BCUT2D eigenvalue weighted by Gasteiger charge is 2.26. The quantitative estimate of drug-likeness (QED) is 0.434. The van der Waals surface area contributed by atoms with E-state index in [4.69, 9.17) is 9.47 Å². The van der Waals surface area contributed by atoms with Crippen molar-refractivity contribution >= 4 is 18.0 Å². The third-order valence-corrected chi connectivity index (χ3v) is 4.09. The van der Waals surface area contributed by atoms with Crippen molar-refractivity contribution in [3.05, 3.63) is 48.0 Å². The Kier molecular flexibility index (Phi) is 10.8. The minimum absolute atomic E-state index is 0.174. The number of benzene rings is 1. The molecule has 31 heavy (non-hydrogen) atoms. The number of hydrogen-bond donors (Lipinski definition) is 2. The molecule has 0 aliphatic rings. The van der Waals surface area contributed by atoms with E-state index in [1.807, 2.05) is 44.2 Å². The monoisotopic (exact) mass is 432 g/mol. The van der Waals surface area contributed by atoms with E-state index in [9.17, 15) is 14.4 Å². The molecule has 0 aromatic heterocycles. The largest absolute Gasteiger partial charge is 0.463 e. The highest BCUT2D eigenvalue weighted by atomic mass is 16.6. The molecule has 0 saturated heterocycles. The molecule has 172 valence electrons. The lowest BCUT2D eigenvalue weighted by atomic mass is 10.0. The molecule has 0 heterocycles. The first-order valence-electron chi connectivity index (χ1n) is 10.7. The predicted octanol–water partition coefficient (Wildman–Crippen LogP) is 3.77. The lowest BCUT2D eigenvalue weighted by molar-refractivity contribution is -0.137. The average Bonchev–Trinajstić information content (AvgIpc) is 2.64. The molecule has 2 amide bonds. The number of rotatable bonds is 10. The van der Waals surface area contributed by atoms with Crippen LogP contribution in [0.5, 0.6) is 0 Å². The molecule has 0 aliphatic heterocycles. The molecule has 2 atom stereocenters. The van der Waals surface area contributed by atoms with Gasteiger partial charge in [-0.2, -0.15) is 0 Å². The molecule has 0 radical (unpaired) electrons. The fraction of sp³-hybridized carbons (Fsp3) is 0.542. The highest BCUT2D eigenvalue weighted by molar-refractivity contribution is 5.86. The number of carbonyl (C=O) groups excluding carboxylic acids is 3. The van der Waals surface area contributed by atoms with Crippen molar-refractivity contribution in [1.82, 2.24) is 10.6 Å². The van der Waals surface area contributed by atoms with Crippen LogP contribution >= 0.6 is 0 Å². The van der Waals surface area contributed by atoms with E-state index >= 15 is 0 Å². The van der Waals surface area contributed by atoms with Crippen LogP contribution in [0.2, 0.25) is 0 Å². The van der Waals surface area contributed by atoms with E-state index in [0.29, 0.717) is 12.8 Å². The molecule has 0 aliphatic carbocycles. The Balaban J connectivity index is 2.95. The van der Waals surface area contributed by atoms with E-state index in [-0.39, 0.29) is 18.4 Å². The molecule has 0 spiro atoms. The van der Waals surface area contributed by atoms with Crippen molar-refractivity contribution in [2.24, 2.45) is 5.92 Å². The van der Waals surface area contributed by atoms with Crippen LogP contribution in [0.4, 0.5) is 4.79 Å². The fourth-order valence-electron chi connectivity index (χ4n) is 2.86. The molecule has 7 nitrogen and oxygen atoms in total. The third-order valence-electron chi connectivity index (χ3n) is 4.09. The number of alkyl carbamates (subject to hydrolysis) is 1. The van der Waals surface area contributed by atoms with E-state index in [0.717, 1.165) is 5.56 Å². The van der Waals surface area contributed by atoms with Crippen molar-refractivity contribution in [2.45, 2.75) is 72.1 Å². The molecule has 0 fully saturated rings. The van der Waals surface area contributed by atoms with Crippen LogP contribution in [0.3, 0.4) is 0 Å². The lowest BCUT2D eigenvalue weighted by Crippen LogP contribution is -2.51. The van der Waals surface area contributed by atoms with E-state index in [2.05, 4.69) is 10.6 Å². The number of nitrogens with one attached hydrogen (secondary N) is 2. The maximum atomic E-state index is 13.0. The van der Waals surface area contributed by atoms with Crippen LogP contribution in [-0.2, 0) is 25.5 Å². The Bertz CT molecular complexity index is 738. The van der Waals surface area contributed by atoms with E-state index < -0.39 is 29.7 Å². The minimum atomic E-state index is -0.760. The van der Waals surface area contributed by atoms with Crippen LogP contribution in [0.1, 0.15) is 53.5 Å². The summed E-state index contributed by atoms with van der Waals surface area (Å²) in [6.45, 7) is 11.2. The van der Waals surface area contributed by atoms with Crippen LogP contribution in [0, 0.1) is 5.92 Å². The second-order valence-electron chi connectivity index (χ2n) is 8.74. The number of amides is 2. The summed E-state index contributed by atoms with van der Waals surface area (Å²) in [6.07, 6.45) is 3.22. The zero-order valence-electron chi connectivity index (χ0n) is 19.4. The maximum Gasteiger partial charge on any atom is 0.408 e. The zero-order chi connectivity index (χ0) is 23.4. The topological polar surface area (TPSA) is 93.7 Å². The van der Waals surface area contributed by atoms with Gasteiger partial charge in [0, 0.05) is 6.08 Å². The van der Waals surface area contributed by atoms with Gasteiger partial charge in [-0.1, -0.05) is 50.3 Å². The summed E-state index contributed by atoms with van der Waals surface area (Å²) in [5.74, 6) is -0.636. The Morgan fingerprint density at radius 2 is 1.71 bits per heavy atom. The number of ether oxygens (including phenoxy) is 2. The molecular formula is C24H36N2O5. The summed E-state index contributed by atoms with van der Waals surface area (Å²) in [4.78, 5) is 37.0. The zero-order valence-corrected chi connectivity index (χ0v) is 19.4. The van der Waals surface area contributed by atoms with Gasteiger partial charge in [0.25, 0.3) is 0 Å². The summed E-state index contributed by atoms with van der Waals surface area (Å²) < 4.78 is 10.2. The Hall–Kier alpha value is -2.83. The molecule has 0 bridgehead atoms. The normalized spacial score (nSPS) is 13.5. The van der Waals surface area contributed by atoms with Crippen molar-refractivity contribution in [2.75, 3.05) is 6.61 Å². The van der Waals surface area contributed by atoms with Crippen LogP contribution in [0.15, 0.2) is 42.5 Å². The second kappa shape index (κ2) is 12.8. The molecule has 7 heteroatoms. The summed E-state index contributed by atoms with van der Waals surface area (Å²) in [6, 6.07) is 8.42. The third kappa shape index (κ3) is 11.8. The summed E-state index contributed by atoms with van der Waals surface area (Å²) >= 11 is 0. The Morgan fingerprint density at radius 1 is 1.06 bits per heavy atom. The minimum Gasteiger partial charge on any atom is -0.463 e. The van der Waals surface area contributed by atoms with Gasteiger partial charge in [-0.05, 0) is 52.0 Å². The second-order valence-corrected chi connectivity index (χ2v) is 8.74. The van der Waals surface area contributed by atoms with Crippen molar-refractivity contribution in [3.63, 3.8) is 0 Å². The summed E-state index contributed by atoms with van der Waals surface area (Å²) in [5.41, 5.74) is 0.336. The Labute approximate surface area is 185 Å². The van der Waals surface area contributed by atoms with Crippen LogP contribution in [0.25, 0.3) is 0 Å². The van der Waals surface area contributed by atoms with Gasteiger partial charge in [0.2, 0.25) is 5.91 Å². The number of carbonyl (C=O) groups is 3. The first kappa shape index (κ1) is 26.2. The number of esters is 1. The van der Waals surface area contributed by atoms with E-state index in [1.54, 1.807) is 33.8 Å². The van der Waals surface area contributed by atoms with Crippen molar-refractivity contribution in [3.8, 4) is 0 Å². The van der Waals surface area contributed by atoms with Crippen molar-refractivity contribution < 1.29 is 23.9 Å². The maximum absolute atomic E-state index is 13.0. The Morgan fingerprint density at radius 3 is 2.26 bits per heavy atom. The molecule has 1 aromatic carbocycles. The van der Waals surface area contributed by atoms with Gasteiger partial charge in [0.15, 0.2) is 0 Å². The molecule has 0 unspecified atom stereocenters. The van der Waals surface area contributed by atoms with Gasteiger partial charge >= 0.3 is 12.1 Å². The highest BCUT2D eigenvalue weighted by Crippen LogP contribution is 2.11. The number of hydrogen-bond acceptors (Lipinski definition) is 5. The van der Waals surface area contributed by atoms with Crippen LogP contribution < -0.4 is 10.6 Å². The smallest absolute Gasteiger partial charge is 0.408 e. The average molecular weight is 433 g/mol. The molecule has 1 aromatic rings. The summed E-state index contributed by atoms with van der Waals surface area (Å²) in [5, 5.41) is 5.60. The molecular weight excluding hydrogens is 396 g/mol. The van der Waals surface area contributed by atoms with Crippen molar-refractivity contribution in [1.29, 1.82) is 0 Å². The van der Waals surface area contributed by atoms with Crippen LogP contribution in [-0.4, -0.2) is 42.3 Å². The first-order valence-corrected chi connectivity index (χ1v) is 10.7. The standard InChI is InChI=1S/C24H36N2O5/c1-7-30-21(27)14-13-19(16-18-11-9-8-10-12-18)25-22(28)20(15-17(2)3)26-23(29)31-24(4,5)6/h8-14,17,19-20H,7,15-16H2,1-6H3,(H,25,28)(H,26,29)/b14-13+/t19-,20+/m1/s1. The van der Waals surface area contributed by atoms with Gasteiger partial charge in [0.1, 0.15) is 11.6 Å². The van der Waals surface area contributed by atoms with E-state index in [1.165, 1.54) is 6.08 Å². The predicted molar refractivity (Wildman–Crippen MR) is 120 cm³/mol. The van der Waals surface area contributed by atoms with Gasteiger partial charge in [-0.3, -0.25) is 4.79 Å². The first-order chi connectivity index (χ1) is 14.5. The van der Waals surface area contributed by atoms with Gasteiger partial charge in [-0.25, -0.2) is 9.59 Å². The molecule has 1 rings (SSSR count). The molecule has 2 N–H and O–H groups in total. The lowest BCUT2D eigenvalue weighted by Gasteiger charge is -2.25. The summed E-state index contributed by atoms with van der Waals surface area (Å²) in [7, 11) is 0. The molecule has 0 saturated carbocycles. The van der Waals surface area contributed by atoms with Gasteiger partial charge < -0.3 is 20.1 Å².